The minimum atomic E-state index is -0.240. The lowest BCUT2D eigenvalue weighted by Gasteiger charge is -2.24. The molecule has 0 spiro atoms. The molecule has 120 valence electrons. The van der Waals surface area contributed by atoms with E-state index in [2.05, 4.69) is 48.1 Å². The van der Waals surface area contributed by atoms with Gasteiger partial charge in [-0.2, -0.15) is 0 Å². The smallest absolute Gasteiger partial charge is 0.228 e. The Bertz CT molecular complexity index is 569. The number of carbonyl (C=O) groups excluding carboxylic acids is 2. The number of imide groups is 1. The van der Waals surface area contributed by atoms with E-state index in [1.54, 1.807) is 0 Å². The molecule has 0 saturated carbocycles. The van der Waals surface area contributed by atoms with E-state index in [-0.39, 0.29) is 5.91 Å². The Balaban J connectivity index is 2.24. The highest BCUT2D eigenvalue weighted by atomic mass is 16.2. The van der Waals surface area contributed by atoms with Gasteiger partial charge >= 0.3 is 0 Å². The molecule has 0 atom stereocenters. The summed E-state index contributed by atoms with van der Waals surface area (Å²) in [4.78, 5) is 26.2. The number of benzene rings is 1. The SMILES string of the molecule is CC(C)c1cc(N(C)CCC(=O)NC=O)c2c(c1)N(C)CC2. The number of anilines is 2. The lowest BCUT2D eigenvalue weighted by Crippen LogP contribution is -2.28. The molecule has 5 nitrogen and oxygen atoms in total. The number of fused-ring (bicyclic) bond motifs is 1. The molecule has 0 radical (unpaired) electrons. The summed E-state index contributed by atoms with van der Waals surface area (Å²) in [5.41, 5.74) is 5.16. The van der Waals surface area contributed by atoms with Gasteiger partial charge in [-0.3, -0.25) is 14.9 Å². The molecule has 0 saturated heterocycles. The number of hydrogen-bond acceptors (Lipinski definition) is 4. The van der Waals surface area contributed by atoms with Crippen LogP contribution in [0.4, 0.5) is 11.4 Å². The number of amides is 2. The maximum Gasteiger partial charge on any atom is 0.228 e. The third-order valence-electron chi connectivity index (χ3n) is 4.31. The molecular formula is C17H25N3O2. The van der Waals surface area contributed by atoms with Gasteiger partial charge in [-0.25, -0.2) is 0 Å². The van der Waals surface area contributed by atoms with Crippen LogP contribution in [-0.4, -0.2) is 39.5 Å². The van der Waals surface area contributed by atoms with Crippen LogP contribution in [-0.2, 0) is 16.0 Å². The standard InChI is InChI=1S/C17H25N3O2/c1-12(2)13-9-15-14(5-7-19(15)3)16(10-13)20(4)8-6-17(22)18-11-21/h9-12H,5-8H2,1-4H3,(H,18,21,22). The number of nitrogens with zero attached hydrogens (tertiary/aromatic N) is 2. The number of nitrogens with one attached hydrogen (secondary N) is 1. The Morgan fingerprint density at radius 2 is 2.18 bits per heavy atom. The first-order valence-electron chi connectivity index (χ1n) is 7.76. The molecule has 0 unspecified atom stereocenters. The van der Waals surface area contributed by atoms with Gasteiger partial charge in [0.15, 0.2) is 0 Å². The molecule has 1 N–H and O–H groups in total. The minimum absolute atomic E-state index is 0.240. The van der Waals surface area contributed by atoms with Crippen LogP contribution in [0.3, 0.4) is 0 Å². The van der Waals surface area contributed by atoms with Crippen molar-refractivity contribution in [1.29, 1.82) is 0 Å². The van der Waals surface area contributed by atoms with Gasteiger partial charge in [-0.05, 0) is 30.0 Å². The Hall–Kier alpha value is -2.04. The van der Waals surface area contributed by atoms with Gasteiger partial charge in [0.25, 0.3) is 0 Å². The third kappa shape index (κ3) is 3.40. The molecule has 1 aliphatic rings. The monoisotopic (exact) mass is 303 g/mol. The molecular weight excluding hydrogens is 278 g/mol. The maximum atomic E-state index is 11.5. The lowest BCUT2D eigenvalue weighted by molar-refractivity contribution is -0.125. The molecule has 0 aliphatic carbocycles. The van der Waals surface area contributed by atoms with Crippen LogP contribution < -0.4 is 15.1 Å². The predicted octanol–water partition coefficient (Wildman–Crippen LogP) is 1.90. The maximum absolute atomic E-state index is 11.5. The van der Waals surface area contributed by atoms with Crippen LogP contribution in [0.1, 0.15) is 37.3 Å². The van der Waals surface area contributed by atoms with Crippen LogP contribution >= 0.6 is 0 Å². The highest BCUT2D eigenvalue weighted by Crippen LogP contribution is 2.37. The van der Waals surface area contributed by atoms with Crippen LogP contribution in [0.25, 0.3) is 0 Å². The highest BCUT2D eigenvalue weighted by molar-refractivity contribution is 5.86. The minimum Gasteiger partial charge on any atom is -0.374 e. The van der Waals surface area contributed by atoms with Gasteiger partial charge < -0.3 is 9.80 Å². The molecule has 5 heteroatoms. The van der Waals surface area contributed by atoms with E-state index in [9.17, 15) is 9.59 Å². The normalized spacial score (nSPS) is 13.2. The average molecular weight is 303 g/mol. The second-order valence-electron chi connectivity index (χ2n) is 6.22. The van der Waals surface area contributed by atoms with Crippen LogP contribution in [0, 0.1) is 0 Å². The van der Waals surface area contributed by atoms with Gasteiger partial charge in [0, 0.05) is 50.5 Å². The number of carbonyl (C=O) groups is 2. The summed E-state index contributed by atoms with van der Waals surface area (Å²) >= 11 is 0. The molecule has 0 bridgehead atoms. The Morgan fingerprint density at radius 3 is 2.82 bits per heavy atom. The molecule has 1 aromatic carbocycles. The van der Waals surface area contributed by atoms with Crippen molar-refractivity contribution in [3.05, 3.63) is 23.3 Å². The number of hydrogen-bond donors (Lipinski definition) is 1. The second kappa shape index (κ2) is 6.81. The predicted molar refractivity (Wildman–Crippen MR) is 89.6 cm³/mol. The summed E-state index contributed by atoms with van der Waals surface area (Å²) < 4.78 is 0. The first-order valence-corrected chi connectivity index (χ1v) is 7.76. The quantitative estimate of drug-likeness (QED) is 0.816. The zero-order valence-electron chi connectivity index (χ0n) is 13.8. The Kier molecular flexibility index (Phi) is 5.06. The molecule has 0 aromatic heterocycles. The molecule has 2 amide bonds. The van der Waals surface area contributed by atoms with Crippen LogP contribution in [0.15, 0.2) is 12.1 Å². The lowest BCUT2D eigenvalue weighted by atomic mass is 9.98. The van der Waals surface area contributed by atoms with Crippen LogP contribution in [0.5, 0.6) is 0 Å². The molecule has 22 heavy (non-hydrogen) atoms. The van der Waals surface area contributed by atoms with Crippen molar-refractivity contribution in [1.82, 2.24) is 5.32 Å². The summed E-state index contributed by atoms with van der Waals surface area (Å²) in [7, 11) is 4.13. The fourth-order valence-corrected chi connectivity index (χ4v) is 2.86. The molecule has 0 fully saturated rings. The molecule has 1 aliphatic heterocycles. The van der Waals surface area contributed by atoms with Crippen molar-refractivity contribution in [2.75, 3.05) is 37.0 Å². The molecule has 1 heterocycles. The fraction of sp³-hybridized carbons (Fsp3) is 0.529. The fourth-order valence-electron chi connectivity index (χ4n) is 2.86. The molecule has 2 rings (SSSR count). The first-order chi connectivity index (χ1) is 10.4. The number of likely N-dealkylation sites (N-methyl/N-ethyl adjacent to an activating group) is 1. The van der Waals surface area contributed by atoms with Crippen molar-refractivity contribution >= 4 is 23.7 Å². The highest BCUT2D eigenvalue weighted by Gasteiger charge is 2.22. The van der Waals surface area contributed by atoms with E-state index in [1.165, 1.54) is 22.5 Å². The van der Waals surface area contributed by atoms with Crippen LogP contribution in [0.2, 0.25) is 0 Å². The van der Waals surface area contributed by atoms with E-state index < -0.39 is 0 Å². The molecule has 1 aromatic rings. The first kappa shape index (κ1) is 16.3. The third-order valence-corrected chi connectivity index (χ3v) is 4.31. The topological polar surface area (TPSA) is 52.7 Å². The second-order valence-corrected chi connectivity index (χ2v) is 6.22. The summed E-state index contributed by atoms with van der Waals surface area (Å²) in [6.07, 6.45) is 1.78. The Labute approximate surface area is 132 Å². The zero-order valence-corrected chi connectivity index (χ0v) is 13.8. The van der Waals surface area contributed by atoms with Crippen molar-refractivity contribution in [3.8, 4) is 0 Å². The van der Waals surface area contributed by atoms with Crippen molar-refractivity contribution < 1.29 is 9.59 Å². The van der Waals surface area contributed by atoms with E-state index in [4.69, 9.17) is 0 Å². The average Bonchev–Trinajstić information content (AvgIpc) is 2.85. The van der Waals surface area contributed by atoms with Gasteiger partial charge in [-0.1, -0.05) is 13.8 Å². The summed E-state index contributed by atoms with van der Waals surface area (Å²) in [5, 5.41) is 2.19. The summed E-state index contributed by atoms with van der Waals surface area (Å²) in [5.74, 6) is 0.223. The summed E-state index contributed by atoms with van der Waals surface area (Å²) in [6, 6.07) is 4.52. The van der Waals surface area contributed by atoms with E-state index in [0.29, 0.717) is 25.3 Å². The number of rotatable bonds is 6. The van der Waals surface area contributed by atoms with E-state index >= 15 is 0 Å². The zero-order chi connectivity index (χ0) is 16.3. The largest absolute Gasteiger partial charge is 0.374 e. The van der Waals surface area contributed by atoms with Gasteiger partial charge in [-0.15, -0.1) is 0 Å². The van der Waals surface area contributed by atoms with Gasteiger partial charge in [0.05, 0.1) is 0 Å². The van der Waals surface area contributed by atoms with Crippen molar-refractivity contribution in [3.63, 3.8) is 0 Å². The summed E-state index contributed by atoms with van der Waals surface area (Å²) in [6.45, 7) is 6.01. The van der Waals surface area contributed by atoms with E-state index in [1.807, 2.05) is 7.05 Å². The van der Waals surface area contributed by atoms with Gasteiger partial charge in [0.2, 0.25) is 12.3 Å². The van der Waals surface area contributed by atoms with E-state index in [0.717, 1.165) is 13.0 Å². The Morgan fingerprint density at radius 1 is 1.45 bits per heavy atom. The van der Waals surface area contributed by atoms with Crippen molar-refractivity contribution in [2.24, 2.45) is 0 Å². The van der Waals surface area contributed by atoms with Gasteiger partial charge in [0.1, 0.15) is 0 Å². The van der Waals surface area contributed by atoms with Crippen molar-refractivity contribution in [2.45, 2.75) is 32.6 Å².